The molecule has 3 aromatic rings. The number of pyridine rings is 2. The second-order valence-electron chi connectivity index (χ2n) is 7.28. The Balaban J connectivity index is 1.60. The van der Waals surface area contributed by atoms with Crippen LogP contribution in [0.3, 0.4) is 0 Å². The minimum Gasteiger partial charge on any atom is -0.367 e. The molecule has 1 saturated carbocycles. The van der Waals surface area contributed by atoms with Gasteiger partial charge in [0.05, 0.1) is 5.69 Å². The number of halogens is 1. The average molecular weight is 370 g/mol. The van der Waals surface area contributed by atoms with Gasteiger partial charge in [-0.05, 0) is 64.0 Å². The average Bonchev–Trinajstić information content (AvgIpc) is 3.05. The lowest BCUT2D eigenvalue weighted by atomic mass is 9.90. The third-order valence-electron chi connectivity index (χ3n) is 5.25. The highest BCUT2D eigenvalue weighted by atomic mass is 35.5. The molecule has 4 rings (SSSR count). The Morgan fingerprint density at radius 3 is 3.00 bits per heavy atom. The van der Waals surface area contributed by atoms with Crippen molar-refractivity contribution < 1.29 is 0 Å². The number of hydrogen-bond donors (Lipinski definition) is 2. The second kappa shape index (κ2) is 7.25. The minimum atomic E-state index is 0.430. The van der Waals surface area contributed by atoms with Gasteiger partial charge in [-0.15, -0.1) is 0 Å². The van der Waals surface area contributed by atoms with Gasteiger partial charge in [0.2, 0.25) is 0 Å². The van der Waals surface area contributed by atoms with Gasteiger partial charge in [0.25, 0.3) is 0 Å². The maximum absolute atomic E-state index is 6.40. The van der Waals surface area contributed by atoms with Crippen LogP contribution in [0.5, 0.6) is 0 Å². The van der Waals surface area contributed by atoms with E-state index in [-0.39, 0.29) is 0 Å². The Labute approximate surface area is 158 Å². The molecule has 2 atom stereocenters. The topological polar surface area (TPSA) is 56.8 Å². The van der Waals surface area contributed by atoms with E-state index < -0.39 is 0 Å². The predicted molar refractivity (Wildman–Crippen MR) is 108 cm³/mol. The molecule has 3 heterocycles. The van der Waals surface area contributed by atoms with Crippen molar-refractivity contribution in [2.24, 2.45) is 0 Å². The van der Waals surface area contributed by atoms with E-state index >= 15 is 0 Å². The number of fused-ring (bicyclic) bond motifs is 1. The summed E-state index contributed by atoms with van der Waals surface area (Å²) in [4.78, 5) is 14.7. The SMILES string of the molecule is CN(C)C1CCCC(Nc2cc(Cl)cc(-c3c[nH]c4ncccc34)n2)C1. The van der Waals surface area contributed by atoms with Crippen molar-refractivity contribution in [2.45, 2.75) is 37.8 Å². The number of nitrogens with zero attached hydrogens (tertiary/aromatic N) is 3. The van der Waals surface area contributed by atoms with Crippen LogP contribution in [0.4, 0.5) is 5.82 Å². The first-order chi connectivity index (χ1) is 12.6. The predicted octanol–water partition coefficient (Wildman–Crippen LogP) is 4.56. The van der Waals surface area contributed by atoms with E-state index in [9.17, 15) is 0 Å². The zero-order chi connectivity index (χ0) is 18.1. The molecule has 6 heteroatoms. The summed E-state index contributed by atoms with van der Waals surface area (Å²) in [6.45, 7) is 0. The molecule has 0 bridgehead atoms. The molecule has 0 spiro atoms. The van der Waals surface area contributed by atoms with E-state index in [4.69, 9.17) is 16.6 Å². The van der Waals surface area contributed by atoms with Gasteiger partial charge in [-0.1, -0.05) is 11.6 Å². The van der Waals surface area contributed by atoms with Crippen LogP contribution in [0.2, 0.25) is 5.02 Å². The van der Waals surface area contributed by atoms with Crippen molar-refractivity contribution in [1.29, 1.82) is 0 Å². The van der Waals surface area contributed by atoms with Crippen molar-refractivity contribution in [1.82, 2.24) is 19.9 Å². The molecular weight excluding hydrogens is 346 g/mol. The number of H-pyrrole nitrogens is 1. The summed E-state index contributed by atoms with van der Waals surface area (Å²) in [5, 5.41) is 5.35. The molecule has 0 radical (unpaired) electrons. The molecular formula is C20H24ClN5. The Bertz CT molecular complexity index is 904. The monoisotopic (exact) mass is 369 g/mol. The highest BCUT2D eigenvalue weighted by Crippen LogP contribution is 2.31. The molecule has 26 heavy (non-hydrogen) atoms. The van der Waals surface area contributed by atoms with Crippen molar-refractivity contribution in [3.8, 4) is 11.3 Å². The Kier molecular flexibility index (Phi) is 4.83. The second-order valence-corrected chi connectivity index (χ2v) is 7.72. The van der Waals surface area contributed by atoms with E-state index in [1.165, 1.54) is 19.3 Å². The lowest BCUT2D eigenvalue weighted by molar-refractivity contribution is 0.219. The van der Waals surface area contributed by atoms with Crippen LogP contribution in [0.25, 0.3) is 22.3 Å². The number of aromatic nitrogens is 3. The normalized spacial score (nSPS) is 20.6. The fourth-order valence-corrected chi connectivity index (χ4v) is 4.06. The Morgan fingerprint density at radius 2 is 2.15 bits per heavy atom. The number of rotatable bonds is 4. The molecule has 1 aliphatic carbocycles. The van der Waals surface area contributed by atoms with Gasteiger partial charge in [-0.3, -0.25) is 0 Å². The summed E-state index contributed by atoms with van der Waals surface area (Å²) in [5.41, 5.74) is 2.74. The summed E-state index contributed by atoms with van der Waals surface area (Å²) in [6.07, 6.45) is 8.54. The lowest BCUT2D eigenvalue weighted by Gasteiger charge is -2.34. The molecule has 3 aromatic heterocycles. The Morgan fingerprint density at radius 1 is 1.27 bits per heavy atom. The first-order valence-electron chi connectivity index (χ1n) is 9.13. The molecule has 5 nitrogen and oxygen atoms in total. The van der Waals surface area contributed by atoms with Crippen molar-refractivity contribution in [2.75, 3.05) is 19.4 Å². The van der Waals surface area contributed by atoms with Crippen LogP contribution in [-0.4, -0.2) is 46.0 Å². The lowest BCUT2D eigenvalue weighted by Crippen LogP contribution is -2.38. The van der Waals surface area contributed by atoms with Crippen LogP contribution in [-0.2, 0) is 0 Å². The molecule has 0 amide bonds. The molecule has 2 N–H and O–H groups in total. The minimum absolute atomic E-state index is 0.430. The summed E-state index contributed by atoms with van der Waals surface area (Å²) >= 11 is 6.40. The third-order valence-corrected chi connectivity index (χ3v) is 5.46. The van der Waals surface area contributed by atoms with Crippen LogP contribution >= 0.6 is 11.6 Å². The number of hydrogen-bond acceptors (Lipinski definition) is 4. The fourth-order valence-electron chi connectivity index (χ4n) is 3.85. The summed E-state index contributed by atoms with van der Waals surface area (Å²) in [5.74, 6) is 0.843. The van der Waals surface area contributed by atoms with Crippen LogP contribution < -0.4 is 5.32 Å². The van der Waals surface area contributed by atoms with Crippen molar-refractivity contribution in [3.63, 3.8) is 0 Å². The first kappa shape index (κ1) is 17.3. The highest BCUT2D eigenvalue weighted by molar-refractivity contribution is 6.31. The summed E-state index contributed by atoms with van der Waals surface area (Å²) in [7, 11) is 4.32. The van der Waals surface area contributed by atoms with E-state index in [1.54, 1.807) is 6.20 Å². The van der Waals surface area contributed by atoms with Crippen LogP contribution in [0.15, 0.2) is 36.7 Å². The number of anilines is 1. The third kappa shape index (κ3) is 3.55. The van der Waals surface area contributed by atoms with Crippen LogP contribution in [0, 0.1) is 0 Å². The van der Waals surface area contributed by atoms with Gasteiger partial charge in [0, 0.05) is 40.4 Å². The molecule has 0 saturated heterocycles. The maximum Gasteiger partial charge on any atom is 0.137 e. The van der Waals surface area contributed by atoms with E-state index in [0.29, 0.717) is 17.1 Å². The zero-order valence-corrected chi connectivity index (χ0v) is 15.9. The quantitative estimate of drug-likeness (QED) is 0.707. The molecule has 0 aromatic carbocycles. The van der Waals surface area contributed by atoms with Gasteiger partial charge >= 0.3 is 0 Å². The van der Waals surface area contributed by atoms with Crippen molar-refractivity contribution in [3.05, 3.63) is 41.7 Å². The van der Waals surface area contributed by atoms with Gasteiger partial charge in [0.15, 0.2) is 0 Å². The highest BCUT2D eigenvalue weighted by Gasteiger charge is 2.23. The van der Waals surface area contributed by atoms with Gasteiger partial charge in [-0.25, -0.2) is 9.97 Å². The number of nitrogens with one attached hydrogen (secondary N) is 2. The molecule has 1 fully saturated rings. The van der Waals surface area contributed by atoms with E-state index in [0.717, 1.165) is 34.5 Å². The van der Waals surface area contributed by atoms with Gasteiger partial charge in [-0.2, -0.15) is 0 Å². The van der Waals surface area contributed by atoms with E-state index in [1.807, 2.05) is 30.5 Å². The zero-order valence-electron chi connectivity index (χ0n) is 15.2. The smallest absolute Gasteiger partial charge is 0.137 e. The first-order valence-corrected chi connectivity index (χ1v) is 9.51. The molecule has 2 unspecified atom stereocenters. The number of aromatic amines is 1. The molecule has 0 aliphatic heterocycles. The fraction of sp³-hybridized carbons (Fsp3) is 0.400. The van der Waals surface area contributed by atoms with Crippen molar-refractivity contribution >= 4 is 28.5 Å². The Hall–Kier alpha value is -2.11. The largest absolute Gasteiger partial charge is 0.367 e. The summed E-state index contributed by atoms with van der Waals surface area (Å²) in [6, 6.07) is 8.86. The summed E-state index contributed by atoms with van der Waals surface area (Å²) < 4.78 is 0. The molecule has 136 valence electrons. The van der Waals surface area contributed by atoms with E-state index in [2.05, 4.69) is 34.3 Å². The van der Waals surface area contributed by atoms with Gasteiger partial charge in [0.1, 0.15) is 11.5 Å². The van der Waals surface area contributed by atoms with Crippen LogP contribution in [0.1, 0.15) is 25.7 Å². The van der Waals surface area contributed by atoms with Gasteiger partial charge < -0.3 is 15.2 Å². The maximum atomic E-state index is 6.40. The molecule has 1 aliphatic rings. The standard InChI is InChI=1S/C20H24ClN5/c1-26(2)15-6-3-5-14(11-15)24-19-10-13(21)9-18(25-19)17-12-23-20-16(17)7-4-8-22-20/h4,7-10,12,14-15H,3,5-6,11H2,1-2H3,(H,22,23)(H,24,25).